The van der Waals surface area contributed by atoms with Crippen LogP contribution in [-0.2, 0) is 7.05 Å². The Kier molecular flexibility index (Phi) is 2.32. The van der Waals surface area contributed by atoms with Gasteiger partial charge in [0.25, 0.3) is 5.56 Å². The van der Waals surface area contributed by atoms with Crippen molar-refractivity contribution in [2.24, 2.45) is 7.05 Å². The Morgan fingerprint density at radius 2 is 1.88 bits per heavy atom. The van der Waals surface area contributed by atoms with Crippen molar-refractivity contribution < 1.29 is 0 Å². The summed E-state index contributed by atoms with van der Waals surface area (Å²) in [4.78, 5) is 34.1. The highest BCUT2D eigenvalue weighted by molar-refractivity contribution is 5.21. The molecule has 2 heterocycles. The third-order valence-electron chi connectivity index (χ3n) is 2.24. The van der Waals surface area contributed by atoms with Crippen molar-refractivity contribution in [2.75, 3.05) is 0 Å². The number of rotatable bonds is 1. The van der Waals surface area contributed by atoms with E-state index < -0.39 is 11.0 Å². The second kappa shape index (κ2) is 3.65. The molecule has 0 saturated carbocycles. The molecular formula is C10H9N3O3. The number of hydrogen-bond acceptors (Lipinski definition) is 3. The van der Waals surface area contributed by atoms with Gasteiger partial charge in [-0.1, -0.05) is 6.07 Å². The van der Waals surface area contributed by atoms with E-state index in [-0.39, 0.29) is 5.56 Å². The van der Waals surface area contributed by atoms with E-state index in [0.29, 0.717) is 5.82 Å². The van der Waals surface area contributed by atoms with Crippen LogP contribution in [0, 0.1) is 0 Å². The van der Waals surface area contributed by atoms with Crippen LogP contribution in [0.2, 0.25) is 0 Å². The predicted octanol–water partition coefficient (Wildman–Crippen LogP) is -0.776. The molecule has 82 valence electrons. The smallest absolute Gasteiger partial charge is 0.297 e. The molecule has 0 saturated heterocycles. The number of nitrogens with one attached hydrogen (secondary N) is 1. The molecular weight excluding hydrogens is 210 g/mol. The van der Waals surface area contributed by atoms with Crippen LogP contribution >= 0.6 is 0 Å². The molecule has 0 spiro atoms. The summed E-state index contributed by atoms with van der Waals surface area (Å²) < 4.78 is 2.31. The molecule has 0 aliphatic rings. The second-order valence-corrected chi connectivity index (χ2v) is 3.25. The van der Waals surface area contributed by atoms with Crippen molar-refractivity contribution in [3.8, 4) is 5.82 Å². The van der Waals surface area contributed by atoms with Crippen LogP contribution in [0.3, 0.4) is 0 Å². The summed E-state index contributed by atoms with van der Waals surface area (Å²) in [6.45, 7) is 0. The molecule has 2 aromatic rings. The van der Waals surface area contributed by atoms with Crippen molar-refractivity contribution >= 4 is 0 Å². The molecule has 0 unspecified atom stereocenters. The highest BCUT2D eigenvalue weighted by atomic mass is 16.2. The number of aromatic amines is 1. The Bertz CT molecular complexity index is 693. The van der Waals surface area contributed by atoms with Crippen molar-refractivity contribution in [1.29, 1.82) is 0 Å². The number of H-pyrrole nitrogens is 1. The van der Waals surface area contributed by atoms with E-state index in [1.807, 2.05) is 0 Å². The Morgan fingerprint density at radius 3 is 2.62 bits per heavy atom. The maximum absolute atomic E-state index is 11.5. The molecule has 0 amide bonds. The fourth-order valence-electron chi connectivity index (χ4n) is 1.38. The summed E-state index contributed by atoms with van der Waals surface area (Å²) in [6.07, 6.45) is 1.35. The zero-order valence-electron chi connectivity index (χ0n) is 8.51. The summed E-state index contributed by atoms with van der Waals surface area (Å²) in [7, 11) is 1.52. The van der Waals surface area contributed by atoms with Crippen molar-refractivity contribution in [2.45, 2.75) is 0 Å². The fraction of sp³-hybridized carbons (Fsp3) is 0.100. The average Bonchev–Trinajstić information content (AvgIpc) is 2.27. The van der Waals surface area contributed by atoms with Crippen LogP contribution in [0.15, 0.2) is 44.8 Å². The number of pyridine rings is 1. The molecule has 6 nitrogen and oxygen atoms in total. The molecule has 1 N–H and O–H groups in total. The normalized spacial score (nSPS) is 10.3. The topological polar surface area (TPSA) is 76.9 Å². The molecule has 0 fully saturated rings. The Labute approximate surface area is 89.4 Å². The third-order valence-corrected chi connectivity index (χ3v) is 2.24. The van der Waals surface area contributed by atoms with Crippen LogP contribution in [0.25, 0.3) is 5.82 Å². The van der Waals surface area contributed by atoms with Gasteiger partial charge in [0.15, 0.2) is 0 Å². The Hall–Kier alpha value is -2.37. The average molecular weight is 219 g/mol. The van der Waals surface area contributed by atoms with Gasteiger partial charge in [-0.25, -0.2) is 4.68 Å². The first kappa shape index (κ1) is 10.2. The van der Waals surface area contributed by atoms with Gasteiger partial charge in [0.1, 0.15) is 5.82 Å². The largest absolute Gasteiger partial charge is 0.318 e. The van der Waals surface area contributed by atoms with Gasteiger partial charge < -0.3 is 0 Å². The zero-order valence-corrected chi connectivity index (χ0v) is 8.51. The lowest BCUT2D eigenvalue weighted by Crippen LogP contribution is -2.36. The molecule has 2 aromatic heterocycles. The molecule has 2 rings (SSSR count). The van der Waals surface area contributed by atoms with E-state index in [1.165, 1.54) is 29.9 Å². The van der Waals surface area contributed by atoms with Crippen molar-refractivity contribution in [3.63, 3.8) is 0 Å². The van der Waals surface area contributed by atoms with Gasteiger partial charge in [-0.3, -0.25) is 24.0 Å². The molecule has 0 bridgehead atoms. The van der Waals surface area contributed by atoms with Gasteiger partial charge in [-0.15, -0.1) is 0 Å². The minimum atomic E-state index is -0.719. The Morgan fingerprint density at radius 1 is 1.12 bits per heavy atom. The van der Waals surface area contributed by atoms with Gasteiger partial charge in [0, 0.05) is 25.4 Å². The molecule has 0 atom stereocenters. The summed E-state index contributed by atoms with van der Waals surface area (Å²) in [5.41, 5.74) is -1.60. The van der Waals surface area contributed by atoms with Gasteiger partial charge >= 0.3 is 5.56 Å². The first-order valence-corrected chi connectivity index (χ1v) is 4.58. The van der Waals surface area contributed by atoms with E-state index in [2.05, 4.69) is 5.10 Å². The lowest BCUT2D eigenvalue weighted by atomic mass is 10.4. The second-order valence-electron chi connectivity index (χ2n) is 3.25. The van der Waals surface area contributed by atoms with E-state index >= 15 is 0 Å². The molecule has 16 heavy (non-hydrogen) atoms. The van der Waals surface area contributed by atoms with E-state index in [1.54, 1.807) is 6.07 Å². The van der Waals surface area contributed by atoms with Gasteiger partial charge in [-0.2, -0.15) is 0 Å². The third kappa shape index (κ3) is 1.50. The fourth-order valence-corrected chi connectivity index (χ4v) is 1.38. The molecule has 0 aliphatic carbocycles. The number of hydrogen-bond donors (Lipinski definition) is 1. The van der Waals surface area contributed by atoms with Gasteiger partial charge in [-0.05, 0) is 6.07 Å². The Balaban J connectivity index is 2.84. The first-order valence-electron chi connectivity index (χ1n) is 4.58. The highest BCUT2D eigenvalue weighted by Gasteiger charge is 2.05. The maximum Gasteiger partial charge on any atom is 0.318 e. The highest BCUT2D eigenvalue weighted by Crippen LogP contribution is 1.96. The molecule has 0 aromatic carbocycles. The SMILES string of the molecule is Cn1c(-n2[nH]ccc(=O)c2=O)cccc1=O. The van der Waals surface area contributed by atoms with Crippen molar-refractivity contribution in [3.05, 3.63) is 61.4 Å². The molecule has 0 aliphatic heterocycles. The van der Waals surface area contributed by atoms with E-state index in [9.17, 15) is 14.4 Å². The monoisotopic (exact) mass is 219 g/mol. The van der Waals surface area contributed by atoms with Crippen LogP contribution in [-0.4, -0.2) is 14.3 Å². The summed E-state index contributed by atoms with van der Waals surface area (Å²) in [6, 6.07) is 5.60. The predicted molar refractivity (Wildman–Crippen MR) is 57.9 cm³/mol. The summed E-state index contributed by atoms with van der Waals surface area (Å²) in [5.74, 6) is 0.315. The first-order chi connectivity index (χ1) is 7.61. The minimum Gasteiger partial charge on any atom is -0.297 e. The lowest BCUT2D eigenvalue weighted by molar-refractivity contribution is 0.702. The van der Waals surface area contributed by atoms with Crippen LogP contribution in [0.5, 0.6) is 0 Å². The number of nitrogens with zero attached hydrogens (tertiary/aromatic N) is 2. The number of aromatic nitrogens is 3. The van der Waals surface area contributed by atoms with Crippen LogP contribution < -0.4 is 16.5 Å². The van der Waals surface area contributed by atoms with Gasteiger partial charge in [0.05, 0.1) is 0 Å². The minimum absolute atomic E-state index is 0.255. The quantitative estimate of drug-likeness (QED) is 0.639. The van der Waals surface area contributed by atoms with E-state index in [0.717, 1.165) is 10.7 Å². The van der Waals surface area contributed by atoms with E-state index in [4.69, 9.17) is 0 Å². The summed E-state index contributed by atoms with van der Waals surface area (Å²) >= 11 is 0. The van der Waals surface area contributed by atoms with Gasteiger partial charge in [0.2, 0.25) is 5.43 Å². The zero-order chi connectivity index (χ0) is 11.7. The van der Waals surface area contributed by atoms with Crippen LogP contribution in [0.4, 0.5) is 0 Å². The molecule has 6 heteroatoms. The maximum atomic E-state index is 11.5. The van der Waals surface area contributed by atoms with Crippen LogP contribution in [0.1, 0.15) is 0 Å². The standard InChI is InChI=1S/C10H9N3O3/c1-12-8(3-2-4-9(12)15)13-10(16)7(14)5-6-11-13/h2-6,11H,1H3. The van der Waals surface area contributed by atoms with Crippen molar-refractivity contribution in [1.82, 2.24) is 14.3 Å². The summed E-state index contributed by atoms with van der Waals surface area (Å²) in [5, 5.41) is 2.61. The molecule has 0 radical (unpaired) electrons. The lowest BCUT2D eigenvalue weighted by Gasteiger charge is -2.08.